The number of aliphatic carboxylic acids is 2. The number of benzene rings is 4. The summed E-state index contributed by atoms with van der Waals surface area (Å²) in [6.07, 6.45) is 0.00463. The van der Waals surface area contributed by atoms with E-state index in [0.29, 0.717) is 0 Å². The summed E-state index contributed by atoms with van der Waals surface area (Å²) in [5, 5.41) is 19.7. The number of rotatable bonds is 7. The smallest absolute Gasteiger partial charge is 0.357 e. The van der Waals surface area contributed by atoms with E-state index < -0.39 is 17.9 Å². The fourth-order valence-corrected chi connectivity index (χ4v) is 7.13. The van der Waals surface area contributed by atoms with E-state index in [4.69, 9.17) is 0 Å². The van der Waals surface area contributed by atoms with Gasteiger partial charge < -0.3 is 19.8 Å². The number of carbonyl (C=O) groups is 2. The van der Waals surface area contributed by atoms with Crippen LogP contribution < -0.4 is 52.6 Å². The molecule has 0 bridgehead atoms. The van der Waals surface area contributed by atoms with E-state index in [2.05, 4.69) is 121 Å². The summed E-state index contributed by atoms with van der Waals surface area (Å²) in [6, 6.07) is 42.8. The average Bonchev–Trinajstić information content (AvgIpc) is 2.87. The van der Waals surface area contributed by atoms with Gasteiger partial charge in [-0.15, -0.1) is 0 Å². The minimum absolute atomic E-state index is 0.00463. The van der Waals surface area contributed by atoms with Gasteiger partial charge in [0, 0.05) is 5.92 Å². The van der Waals surface area contributed by atoms with Gasteiger partial charge in [0.1, 0.15) is 0 Å². The summed E-state index contributed by atoms with van der Waals surface area (Å²) in [6.45, 7) is 1.44. The van der Waals surface area contributed by atoms with Crippen LogP contribution in [0.4, 0.5) is 0 Å². The Hall–Kier alpha value is -2.72. The summed E-state index contributed by atoms with van der Waals surface area (Å²) in [5.41, 5.74) is 0. The van der Waals surface area contributed by atoms with Crippen molar-refractivity contribution in [3.05, 3.63) is 136 Å². The summed E-state index contributed by atoms with van der Waals surface area (Å²) in [7, 11) is 0. The third-order valence-electron chi connectivity index (χ3n) is 4.35. The average molecular weight is 692 g/mol. The quantitative estimate of drug-likeness (QED) is 0.155. The van der Waals surface area contributed by atoms with Gasteiger partial charge in [-0.05, 0) is 55.0 Å². The van der Waals surface area contributed by atoms with Crippen LogP contribution in [0, 0.1) is 20.2 Å². The molecule has 4 aromatic rings. The number of hydrogen-bond acceptors (Lipinski definition) is 4. The van der Waals surface area contributed by atoms with E-state index in [9.17, 15) is 19.8 Å². The lowest BCUT2D eigenvalue weighted by molar-refractivity contribution is -0.597. The van der Waals surface area contributed by atoms with Gasteiger partial charge in [0.2, 0.25) is 0 Å². The number of carboxylic acid groups (broad SMARTS) is 2. The fraction of sp³-hybridized carbons (Fsp3) is 0.103. The lowest BCUT2D eigenvalue weighted by Crippen LogP contribution is -3.61. The first-order valence-corrected chi connectivity index (χ1v) is 15.2. The molecule has 0 aliphatic carbocycles. The van der Waals surface area contributed by atoms with Crippen LogP contribution in [0.3, 0.4) is 0 Å². The van der Waals surface area contributed by atoms with Crippen molar-refractivity contribution in [2.45, 2.75) is 13.3 Å². The first-order valence-electron chi connectivity index (χ1n) is 10.9. The molecule has 6 heteroatoms. The third-order valence-corrected chi connectivity index (χ3v) is 9.71. The molecule has 0 saturated carbocycles. The molecule has 0 N–H and O–H groups in total. The lowest BCUT2D eigenvalue weighted by atomic mass is 10.1. The van der Waals surface area contributed by atoms with Crippen molar-refractivity contribution in [1.82, 2.24) is 0 Å². The van der Waals surface area contributed by atoms with E-state index in [-0.39, 0.29) is 48.8 Å². The molecular formula is C29H26I2O4. The molecule has 0 aromatic heterocycles. The molecule has 4 aromatic carbocycles. The second-order valence-corrected chi connectivity index (χ2v) is 13.0. The maximum atomic E-state index is 9.84. The standard InChI is InChI=1S/2C12H10I.C5H8O4/c2*1-3-7-11(8-4-1)13-12-9-5-2-6-10-12;1-2-3(4(6)7)5(8)9/h2*1-10H;3H,2H2,1H3,(H,6,7)(H,8,9)/q2*+1;/p-2. The molecule has 0 atom stereocenters. The second kappa shape index (κ2) is 16.8. The van der Waals surface area contributed by atoms with Crippen molar-refractivity contribution < 1.29 is 62.2 Å². The molecule has 0 aliphatic rings. The molecule has 0 spiro atoms. The molecule has 180 valence electrons. The Labute approximate surface area is 227 Å². The van der Waals surface area contributed by atoms with Gasteiger partial charge in [-0.2, -0.15) is 0 Å². The Morgan fingerprint density at radius 3 is 0.914 bits per heavy atom. The summed E-state index contributed by atoms with van der Waals surface area (Å²) in [5.74, 6) is -4.64. The molecule has 0 fully saturated rings. The molecule has 0 radical (unpaired) electrons. The molecule has 4 nitrogen and oxygen atoms in total. The summed E-state index contributed by atoms with van der Waals surface area (Å²) < 4.78 is 5.92. The van der Waals surface area contributed by atoms with Crippen molar-refractivity contribution in [2.75, 3.05) is 0 Å². The maximum Gasteiger partial charge on any atom is 0.357 e. The second-order valence-electron chi connectivity index (χ2n) is 6.97. The van der Waals surface area contributed by atoms with Gasteiger partial charge in [-0.1, -0.05) is 79.7 Å². The van der Waals surface area contributed by atoms with Crippen LogP contribution in [0.15, 0.2) is 121 Å². The minimum Gasteiger partial charge on any atom is -0.549 e. The molecule has 35 heavy (non-hydrogen) atoms. The van der Waals surface area contributed by atoms with Crippen molar-refractivity contribution in [3.8, 4) is 0 Å². The van der Waals surface area contributed by atoms with Crippen LogP contribution in [0.1, 0.15) is 13.3 Å². The summed E-state index contributed by atoms with van der Waals surface area (Å²) in [4.78, 5) is 19.7. The highest BCUT2D eigenvalue weighted by molar-refractivity contribution is 5.90. The van der Waals surface area contributed by atoms with Crippen LogP contribution in [0.5, 0.6) is 0 Å². The molecule has 0 unspecified atom stereocenters. The Balaban J connectivity index is 0.000000190. The highest BCUT2D eigenvalue weighted by Gasteiger charge is 2.13. The Kier molecular flexibility index (Phi) is 13.7. The van der Waals surface area contributed by atoms with Gasteiger partial charge in [0.15, 0.2) is 14.3 Å². The van der Waals surface area contributed by atoms with Gasteiger partial charge >= 0.3 is 42.4 Å². The van der Waals surface area contributed by atoms with Crippen molar-refractivity contribution in [2.24, 2.45) is 5.92 Å². The van der Waals surface area contributed by atoms with Crippen LogP contribution in [0.2, 0.25) is 0 Å². The molecule has 0 heterocycles. The molecule has 0 aliphatic heterocycles. The van der Waals surface area contributed by atoms with Gasteiger partial charge in [0.25, 0.3) is 0 Å². The molecular weight excluding hydrogens is 666 g/mol. The number of hydrogen-bond donors (Lipinski definition) is 0. The van der Waals surface area contributed by atoms with Crippen molar-refractivity contribution in [3.63, 3.8) is 0 Å². The van der Waals surface area contributed by atoms with Crippen LogP contribution in [-0.4, -0.2) is 11.9 Å². The third kappa shape index (κ3) is 12.0. The Morgan fingerprint density at radius 2 is 0.771 bits per heavy atom. The van der Waals surface area contributed by atoms with Crippen LogP contribution in [-0.2, 0) is 9.59 Å². The predicted octanol–water partition coefficient (Wildman–Crippen LogP) is -2.86. The molecule has 0 saturated heterocycles. The minimum atomic E-state index is -1.59. The predicted molar refractivity (Wildman–Crippen MR) is 124 cm³/mol. The SMILES string of the molecule is CCC(C(=O)[O-])C(=O)[O-].c1ccc([I+]c2ccccc2)cc1.c1ccc([I+]c2ccccc2)cc1. The van der Waals surface area contributed by atoms with E-state index in [1.54, 1.807) is 0 Å². The van der Waals surface area contributed by atoms with Crippen molar-refractivity contribution >= 4 is 11.9 Å². The zero-order valence-corrected chi connectivity index (χ0v) is 23.5. The zero-order chi connectivity index (χ0) is 25.3. The first-order chi connectivity index (χ1) is 17.0. The highest BCUT2D eigenvalue weighted by Crippen LogP contribution is 1.97. The van der Waals surface area contributed by atoms with Gasteiger partial charge in [-0.25, -0.2) is 0 Å². The van der Waals surface area contributed by atoms with Gasteiger partial charge in [0.05, 0.1) is 11.9 Å². The number of carboxylic acids is 2. The zero-order valence-electron chi connectivity index (χ0n) is 19.2. The largest absolute Gasteiger partial charge is 0.549 e. The Morgan fingerprint density at radius 1 is 0.543 bits per heavy atom. The fourth-order valence-electron chi connectivity index (χ4n) is 2.59. The lowest BCUT2D eigenvalue weighted by Gasteiger charge is -2.15. The monoisotopic (exact) mass is 692 g/mol. The van der Waals surface area contributed by atoms with E-state index in [1.165, 1.54) is 21.2 Å². The highest BCUT2D eigenvalue weighted by atomic mass is 127. The topological polar surface area (TPSA) is 80.3 Å². The summed E-state index contributed by atoms with van der Waals surface area (Å²) >= 11 is 0.0574. The van der Waals surface area contributed by atoms with Crippen LogP contribution in [0.25, 0.3) is 0 Å². The first kappa shape index (κ1) is 28.5. The number of carbonyl (C=O) groups excluding carboxylic acids is 2. The van der Waals surface area contributed by atoms with E-state index >= 15 is 0 Å². The van der Waals surface area contributed by atoms with Crippen LogP contribution >= 0.6 is 0 Å². The molecule has 0 amide bonds. The maximum absolute atomic E-state index is 9.84. The van der Waals surface area contributed by atoms with E-state index in [0.717, 1.165) is 0 Å². The van der Waals surface area contributed by atoms with Crippen molar-refractivity contribution in [1.29, 1.82) is 0 Å². The molecule has 4 rings (SSSR count). The number of halogens is 2. The van der Waals surface area contributed by atoms with Gasteiger partial charge in [-0.3, -0.25) is 0 Å². The normalized spacial score (nSPS) is 9.77. The van der Waals surface area contributed by atoms with E-state index in [1.807, 2.05) is 0 Å². The Bertz CT molecular complexity index is 956.